The number of hydrogen-bond donors (Lipinski definition) is 1. The molecular formula is C16H14FNO2. The summed E-state index contributed by atoms with van der Waals surface area (Å²) in [6.07, 6.45) is 0. The second-order valence-corrected chi connectivity index (χ2v) is 4.78. The largest absolute Gasteiger partial charge is 0.467 e. The van der Waals surface area contributed by atoms with Crippen molar-refractivity contribution >= 4 is 11.7 Å². The first-order chi connectivity index (χ1) is 9.63. The van der Waals surface area contributed by atoms with E-state index in [-0.39, 0.29) is 11.8 Å². The van der Waals surface area contributed by atoms with Crippen LogP contribution in [-0.2, 0) is 9.53 Å². The van der Waals surface area contributed by atoms with Crippen LogP contribution >= 0.6 is 0 Å². The zero-order valence-corrected chi connectivity index (χ0v) is 11.2. The third-order valence-electron chi connectivity index (χ3n) is 3.68. The van der Waals surface area contributed by atoms with E-state index in [0.29, 0.717) is 5.56 Å². The average molecular weight is 271 g/mol. The normalized spacial score (nSPS) is 15.8. The molecule has 0 aromatic heterocycles. The summed E-state index contributed by atoms with van der Waals surface area (Å²) >= 11 is 0. The van der Waals surface area contributed by atoms with Crippen LogP contribution in [0, 0.1) is 12.7 Å². The van der Waals surface area contributed by atoms with Gasteiger partial charge in [0.15, 0.2) is 6.04 Å². The van der Waals surface area contributed by atoms with Gasteiger partial charge in [0.25, 0.3) is 0 Å². The van der Waals surface area contributed by atoms with E-state index in [0.717, 1.165) is 22.4 Å². The van der Waals surface area contributed by atoms with E-state index in [1.807, 2.05) is 24.3 Å². The maximum atomic E-state index is 13.8. The molecule has 0 amide bonds. The highest BCUT2D eigenvalue weighted by molar-refractivity contribution is 5.93. The molecule has 1 heterocycles. The third-order valence-corrected chi connectivity index (χ3v) is 3.68. The van der Waals surface area contributed by atoms with Crippen molar-refractivity contribution in [3.05, 3.63) is 53.3 Å². The topological polar surface area (TPSA) is 38.3 Å². The highest BCUT2D eigenvalue weighted by atomic mass is 19.1. The number of anilines is 1. The molecule has 1 N–H and O–H groups in total. The minimum absolute atomic E-state index is 0.253. The molecule has 1 aliphatic heterocycles. The number of halogens is 1. The van der Waals surface area contributed by atoms with Crippen LogP contribution in [0.5, 0.6) is 0 Å². The van der Waals surface area contributed by atoms with Gasteiger partial charge in [0, 0.05) is 11.3 Å². The van der Waals surface area contributed by atoms with Gasteiger partial charge in [-0.2, -0.15) is 0 Å². The van der Waals surface area contributed by atoms with E-state index in [2.05, 4.69) is 5.32 Å². The average Bonchev–Trinajstić information content (AvgIpc) is 2.49. The van der Waals surface area contributed by atoms with Gasteiger partial charge in [0.1, 0.15) is 5.82 Å². The van der Waals surface area contributed by atoms with Crippen LogP contribution in [0.15, 0.2) is 36.4 Å². The molecule has 0 fully saturated rings. The Bertz CT molecular complexity index is 697. The van der Waals surface area contributed by atoms with Crippen molar-refractivity contribution in [2.45, 2.75) is 13.0 Å². The smallest absolute Gasteiger partial charge is 0.333 e. The lowest BCUT2D eigenvalue weighted by Crippen LogP contribution is -2.26. The molecule has 2 aromatic carbocycles. The van der Waals surface area contributed by atoms with Gasteiger partial charge in [-0.15, -0.1) is 0 Å². The number of esters is 1. The van der Waals surface area contributed by atoms with E-state index < -0.39 is 6.04 Å². The summed E-state index contributed by atoms with van der Waals surface area (Å²) in [6.45, 7) is 1.74. The Kier molecular flexibility index (Phi) is 2.93. The number of rotatable bonds is 1. The number of carbonyl (C=O) groups is 1. The summed E-state index contributed by atoms with van der Waals surface area (Å²) in [5.74, 6) is -0.609. The molecule has 1 unspecified atom stereocenters. The number of methoxy groups -OCH3 is 1. The van der Waals surface area contributed by atoms with Crippen molar-refractivity contribution in [2.75, 3.05) is 12.4 Å². The zero-order chi connectivity index (χ0) is 14.3. The molecule has 20 heavy (non-hydrogen) atoms. The van der Waals surface area contributed by atoms with Gasteiger partial charge in [-0.1, -0.05) is 24.3 Å². The summed E-state index contributed by atoms with van der Waals surface area (Å²) in [7, 11) is 1.36. The first-order valence-corrected chi connectivity index (χ1v) is 6.36. The highest BCUT2D eigenvalue weighted by Crippen LogP contribution is 2.43. The van der Waals surface area contributed by atoms with Crippen molar-refractivity contribution in [1.82, 2.24) is 0 Å². The van der Waals surface area contributed by atoms with Gasteiger partial charge in [0.05, 0.1) is 7.11 Å². The van der Waals surface area contributed by atoms with Crippen molar-refractivity contribution < 1.29 is 13.9 Å². The van der Waals surface area contributed by atoms with Gasteiger partial charge < -0.3 is 10.1 Å². The molecule has 0 saturated heterocycles. The lowest BCUT2D eigenvalue weighted by molar-refractivity contribution is -0.141. The molecule has 3 rings (SSSR count). The van der Waals surface area contributed by atoms with Crippen LogP contribution in [-0.4, -0.2) is 13.1 Å². The Hall–Kier alpha value is -2.36. The lowest BCUT2D eigenvalue weighted by Gasteiger charge is -2.29. The fraction of sp³-hybridized carbons (Fsp3) is 0.188. The van der Waals surface area contributed by atoms with Gasteiger partial charge in [-0.25, -0.2) is 9.18 Å². The van der Waals surface area contributed by atoms with Gasteiger partial charge >= 0.3 is 5.97 Å². The molecule has 1 atom stereocenters. The number of hydrogen-bond acceptors (Lipinski definition) is 3. The molecule has 102 valence electrons. The van der Waals surface area contributed by atoms with E-state index in [4.69, 9.17) is 4.74 Å². The summed E-state index contributed by atoms with van der Waals surface area (Å²) in [5, 5.41) is 3.13. The monoisotopic (exact) mass is 271 g/mol. The molecule has 0 aliphatic carbocycles. The molecule has 1 aliphatic rings. The number of nitrogens with one attached hydrogen (secondary N) is 1. The molecular weight excluding hydrogens is 257 g/mol. The molecule has 3 nitrogen and oxygen atoms in total. The second kappa shape index (κ2) is 4.63. The Morgan fingerprint density at radius 2 is 2.00 bits per heavy atom. The van der Waals surface area contributed by atoms with E-state index in [9.17, 15) is 9.18 Å². The van der Waals surface area contributed by atoms with Crippen molar-refractivity contribution in [3.8, 4) is 11.1 Å². The van der Waals surface area contributed by atoms with Crippen LogP contribution in [0.3, 0.4) is 0 Å². The Labute approximate surface area is 116 Å². The molecule has 2 aromatic rings. The Morgan fingerprint density at radius 3 is 2.75 bits per heavy atom. The first kappa shape index (κ1) is 12.7. The minimum atomic E-state index is -0.562. The van der Waals surface area contributed by atoms with Crippen LogP contribution in [0.4, 0.5) is 10.1 Å². The fourth-order valence-electron chi connectivity index (χ4n) is 2.67. The molecule has 0 radical (unpaired) electrons. The predicted molar refractivity (Wildman–Crippen MR) is 75.0 cm³/mol. The zero-order valence-electron chi connectivity index (χ0n) is 11.2. The van der Waals surface area contributed by atoms with E-state index >= 15 is 0 Å². The fourth-order valence-corrected chi connectivity index (χ4v) is 2.67. The van der Waals surface area contributed by atoms with Crippen molar-refractivity contribution in [2.24, 2.45) is 0 Å². The standard InChI is InChI=1S/C16H14FNO2/c1-9-12(17)7-8-13-14(9)10-5-3-4-6-11(10)15(18-13)16(19)20-2/h3-8,15,18H,1-2H3. The number of benzene rings is 2. The van der Waals surface area contributed by atoms with Crippen molar-refractivity contribution in [1.29, 1.82) is 0 Å². The van der Waals surface area contributed by atoms with Crippen LogP contribution in [0.25, 0.3) is 11.1 Å². The molecule has 4 heteroatoms. The maximum absolute atomic E-state index is 13.8. The Balaban J connectivity index is 2.26. The summed E-state index contributed by atoms with van der Waals surface area (Å²) < 4.78 is 18.6. The SMILES string of the molecule is COC(=O)C1Nc2ccc(F)c(C)c2-c2ccccc21. The molecule has 0 spiro atoms. The van der Waals surface area contributed by atoms with E-state index in [1.165, 1.54) is 13.2 Å². The summed E-state index contributed by atoms with van der Waals surface area (Å²) in [4.78, 5) is 11.9. The lowest BCUT2D eigenvalue weighted by atomic mass is 9.87. The van der Waals surface area contributed by atoms with Crippen LogP contribution < -0.4 is 5.32 Å². The van der Waals surface area contributed by atoms with Crippen LogP contribution in [0.1, 0.15) is 17.2 Å². The number of ether oxygens (including phenoxy) is 1. The quantitative estimate of drug-likeness (QED) is 0.807. The predicted octanol–water partition coefficient (Wildman–Crippen LogP) is 3.44. The maximum Gasteiger partial charge on any atom is 0.333 e. The molecule has 0 saturated carbocycles. The Morgan fingerprint density at radius 1 is 1.25 bits per heavy atom. The minimum Gasteiger partial charge on any atom is -0.467 e. The highest BCUT2D eigenvalue weighted by Gasteiger charge is 2.31. The second-order valence-electron chi connectivity index (χ2n) is 4.78. The number of carbonyl (C=O) groups excluding carboxylic acids is 1. The van der Waals surface area contributed by atoms with Gasteiger partial charge in [-0.3, -0.25) is 0 Å². The summed E-state index contributed by atoms with van der Waals surface area (Å²) in [5.41, 5.74) is 3.80. The summed E-state index contributed by atoms with van der Waals surface area (Å²) in [6, 6.07) is 10.00. The van der Waals surface area contributed by atoms with E-state index in [1.54, 1.807) is 13.0 Å². The van der Waals surface area contributed by atoms with Crippen molar-refractivity contribution in [3.63, 3.8) is 0 Å². The molecule has 0 bridgehead atoms. The first-order valence-electron chi connectivity index (χ1n) is 6.36. The van der Waals surface area contributed by atoms with Crippen LogP contribution in [0.2, 0.25) is 0 Å². The number of fused-ring (bicyclic) bond motifs is 3. The van der Waals surface area contributed by atoms with Gasteiger partial charge in [-0.05, 0) is 35.7 Å². The van der Waals surface area contributed by atoms with Gasteiger partial charge in [0.2, 0.25) is 0 Å². The third kappa shape index (κ3) is 1.76.